The highest BCUT2D eigenvalue weighted by molar-refractivity contribution is 7.89. The molecule has 1 saturated carbocycles. The minimum absolute atomic E-state index is 0. The number of nitrogens with two attached hydrogens (primary N) is 1. The van der Waals surface area contributed by atoms with E-state index in [2.05, 4.69) is 10.0 Å². The molecule has 1 amide bonds. The van der Waals surface area contributed by atoms with Gasteiger partial charge in [-0.1, -0.05) is 0 Å². The van der Waals surface area contributed by atoms with Crippen LogP contribution in [0.25, 0.3) is 0 Å². The third kappa shape index (κ3) is 5.73. The molecule has 2 aliphatic rings. The van der Waals surface area contributed by atoms with Crippen LogP contribution in [0.3, 0.4) is 0 Å². The number of carbonyl (C=O) groups excluding carboxylic acids is 1. The van der Waals surface area contributed by atoms with Gasteiger partial charge in [0.2, 0.25) is 15.9 Å². The van der Waals surface area contributed by atoms with Gasteiger partial charge >= 0.3 is 0 Å². The molecule has 28 heavy (non-hydrogen) atoms. The second-order valence-electron chi connectivity index (χ2n) is 7.12. The predicted octanol–water partition coefficient (Wildman–Crippen LogP) is 1.32. The summed E-state index contributed by atoms with van der Waals surface area (Å²) >= 11 is 0. The predicted molar refractivity (Wildman–Crippen MR) is 107 cm³/mol. The summed E-state index contributed by atoms with van der Waals surface area (Å²) in [6, 6.07) is 3.79. The normalized spacial score (nSPS) is 23.1. The molecule has 0 bridgehead atoms. The fraction of sp³-hybridized carbons (Fsp3) is 0.611. The first-order valence-corrected chi connectivity index (χ1v) is 10.8. The number of rotatable bonds is 5. The lowest BCUT2D eigenvalue weighted by molar-refractivity contribution is -0.123. The number of sulfonamides is 1. The van der Waals surface area contributed by atoms with Crippen LogP contribution in [0.1, 0.15) is 39.0 Å². The molecule has 0 aromatic heterocycles. The lowest BCUT2D eigenvalue weighted by Crippen LogP contribution is -2.49. The highest BCUT2D eigenvalue weighted by Crippen LogP contribution is 2.31. The molecule has 0 spiro atoms. The average Bonchev–Trinajstić information content (AvgIpc) is 2.88. The summed E-state index contributed by atoms with van der Waals surface area (Å²) in [7, 11) is -3.87. The van der Waals surface area contributed by atoms with Gasteiger partial charge in [-0.3, -0.25) is 4.79 Å². The second-order valence-corrected chi connectivity index (χ2v) is 8.84. The first-order chi connectivity index (χ1) is 12.8. The number of amides is 1. The Morgan fingerprint density at radius 3 is 2.46 bits per heavy atom. The van der Waals surface area contributed by atoms with Gasteiger partial charge in [0, 0.05) is 24.6 Å². The third-order valence-corrected chi connectivity index (χ3v) is 6.41. The van der Waals surface area contributed by atoms with Crippen LogP contribution >= 0.6 is 12.4 Å². The number of fused-ring (bicyclic) bond motifs is 1. The van der Waals surface area contributed by atoms with Crippen LogP contribution in [0.5, 0.6) is 11.5 Å². The van der Waals surface area contributed by atoms with Gasteiger partial charge in [-0.25, -0.2) is 8.42 Å². The van der Waals surface area contributed by atoms with Crippen LogP contribution in [0.4, 0.5) is 0 Å². The Labute approximate surface area is 172 Å². The van der Waals surface area contributed by atoms with E-state index in [0.717, 1.165) is 32.1 Å². The topological polar surface area (TPSA) is 120 Å². The van der Waals surface area contributed by atoms with Gasteiger partial charge in [-0.15, -0.1) is 12.4 Å². The summed E-state index contributed by atoms with van der Waals surface area (Å²) in [5.74, 6) is 0.576. The Morgan fingerprint density at radius 1 is 1.14 bits per heavy atom. The lowest BCUT2D eigenvalue weighted by atomic mass is 9.92. The molecule has 1 aliphatic heterocycles. The Bertz CT molecular complexity index is 781. The minimum Gasteiger partial charge on any atom is -0.490 e. The fourth-order valence-electron chi connectivity index (χ4n) is 3.25. The van der Waals surface area contributed by atoms with Crippen molar-refractivity contribution in [3.8, 4) is 11.5 Å². The molecule has 8 nitrogen and oxygen atoms in total. The standard InChI is InChI=1S/C18H27N3O5S.ClH/c1-12(18(22)20-14-5-3-13(19)4-6-14)21-27(23,24)15-7-8-16-17(11-15)26-10-2-9-25-16;/h7-8,11-14,21H,2-6,9-10,19H2,1H3,(H,20,22);1H. The Kier molecular flexibility index (Phi) is 7.94. The van der Waals surface area contributed by atoms with Gasteiger partial charge in [0.05, 0.1) is 24.2 Å². The zero-order valence-electron chi connectivity index (χ0n) is 15.8. The highest BCUT2D eigenvalue weighted by Gasteiger charge is 2.26. The fourth-order valence-corrected chi connectivity index (χ4v) is 4.47. The molecule has 4 N–H and O–H groups in total. The van der Waals surface area contributed by atoms with Crippen molar-refractivity contribution in [3.05, 3.63) is 18.2 Å². The van der Waals surface area contributed by atoms with Crippen LogP contribution in [-0.2, 0) is 14.8 Å². The van der Waals surface area contributed by atoms with Crippen molar-refractivity contribution >= 4 is 28.3 Å². The van der Waals surface area contributed by atoms with Gasteiger partial charge < -0.3 is 20.5 Å². The minimum atomic E-state index is -3.87. The van der Waals surface area contributed by atoms with E-state index in [1.54, 1.807) is 6.07 Å². The summed E-state index contributed by atoms with van der Waals surface area (Å²) in [6.07, 6.45) is 4.09. The van der Waals surface area contributed by atoms with E-state index in [1.807, 2.05) is 0 Å². The van der Waals surface area contributed by atoms with Gasteiger partial charge in [-0.2, -0.15) is 4.72 Å². The molecule has 1 aromatic rings. The van der Waals surface area contributed by atoms with E-state index in [-0.39, 0.29) is 35.3 Å². The van der Waals surface area contributed by atoms with Crippen molar-refractivity contribution in [3.63, 3.8) is 0 Å². The molecule has 3 rings (SSSR count). The zero-order chi connectivity index (χ0) is 19.4. The molecule has 1 fully saturated rings. The molecule has 1 unspecified atom stereocenters. The molecule has 0 saturated heterocycles. The smallest absolute Gasteiger partial charge is 0.241 e. The van der Waals surface area contributed by atoms with Crippen LogP contribution in [0.2, 0.25) is 0 Å². The average molecular weight is 434 g/mol. The Morgan fingerprint density at radius 2 is 1.79 bits per heavy atom. The highest BCUT2D eigenvalue weighted by atomic mass is 35.5. The van der Waals surface area contributed by atoms with Crippen molar-refractivity contribution in [2.75, 3.05) is 13.2 Å². The maximum absolute atomic E-state index is 12.6. The van der Waals surface area contributed by atoms with Crippen LogP contribution in [0, 0.1) is 0 Å². The molecular formula is C18H28ClN3O5S. The number of nitrogens with one attached hydrogen (secondary N) is 2. The molecule has 1 aliphatic carbocycles. The molecule has 1 heterocycles. The summed E-state index contributed by atoms with van der Waals surface area (Å²) in [5.41, 5.74) is 5.87. The monoisotopic (exact) mass is 433 g/mol. The molecule has 1 aromatic carbocycles. The molecule has 158 valence electrons. The maximum atomic E-state index is 12.6. The second kappa shape index (κ2) is 9.78. The first-order valence-electron chi connectivity index (χ1n) is 9.33. The Hall–Kier alpha value is -1.55. The largest absolute Gasteiger partial charge is 0.490 e. The van der Waals surface area contributed by atoms with Gasteiger partial charge in [0.1, 0.15) is 0 Å². The number of ether oxygens (including phenoxy) is 2. The van der Waals surface area contributed by atoms with Gasteiger partial charge in [-0.05, 0) is 44.7 Å². The van der Waals surface area contributed by atoms with Crippen LogP contribution in [0.15, 0.2) is 23.1 Å². The quantitative estimate of drug-likeness (QED) is 0.644. The van der Waals surface area contributed by atoms with Crippen LogP contribution < -0.4 is 25.2 Å². The van der Waals surface area contributed by atoms with E-state index in [0.29, 0.717) is 24.7 Å². The molecular weight excluding hydrogens is 406 g/mol. The summed E-state index contributed by atoms with van der Waals surface area (Å²) in [5, 5.41) is 2.91. The number of hydrogen-bond acceptors (Lipinski definition) is 6. The molecule has 10 heteroatoms. The third-order valence-electron chi connectivity index (χ3n) is 4.87. The lowest BCUT2D eigenvalue weighted by Gasteiger charge is -2.28. The summed E-state index contributed by atoms with van der Waals surface area (Å²) in [6.45, 7) is 2.53. The summed E-state index contributed by atoms with van der Waals surface area (Å²) in [4.78, 5) is 12.4. The number of carbonyl (C=O) groups is 1. The van der Waals surface area contributed by atoms with Crippen molar-refractivity contribution < 1.29 is 22.7 Å². The Balaban J connectivity index is 0.00000280. The SMILES string of the molecule is CC(NS(=O)(=O)c1ccc2c(c1)OCCCO2)C(=O)NC1CCC(N)CC1.Cl. The number of hydrogen-bond donors (Lipinski definition) is 3. The van der Waals surface area contributed by atoms with Crippen LogP contribution in [-0.4, -0.2) is 45.7 Å². The van der Waals surface area contributed by atoms with Crippen molar-refractivity contribution in [2.45, 2.75) is 62.0 Å². The van der Waals surface area contributed by atoms with E-state index in [1.165, 1.54) is 19.1 Å². The molecule has 0 radical (unpaired) electrons. The van der Waals surface area contributed by atoms with Crippen molar-refractivity contribution in [1.82, 2.24) is 10.0 Å². The van der Waals surface area contributed by atoms with Crippen molar-refractivity contribution in [2.24, 2.45) is 5.73 Å². The van der Waals surface area contributed by atoms with Crippen molar-refractivity contribution in [1.29, 1.82) is 0 Å². The van der Waals surface area contributed by atoms with E-state index in [9.17, 15) is 13.2 Å². The number of halogens is 1. The van der Waals surface area contributed by atoms with E-state index < -0.39 is 16.1 Å². The maximum Gasteiger partial charge on any atom is 0.241 e. The van der Waals surface area contributed by atoms with Gasteiger partial charge in [0.25, 0.3) is 0 Å². The number of benzene rings is 1. The zero-order valence-corrected chi connectivity index (χ0v) is 17.5. The van der Waals surface area contributed by atoms with Gasteiger partial charge in [0.15, 0.2) is 11.5 Å². The first kappa shape index (κ1) is 22.7. The summed E-state index contributed by atoms with van der Waals surface area (Å²) < 4.78 is 38.8. The molecule has 1 atom stereocenters. The van der Waals surface area contributed by atoms with E-state index >= 15 is 0 Å². The van der Waals surface area contributed by atoms with E-state index in [4.69, 9.17) is 15.2 Å².